The molecule has 2 heterocycles. The molecule has 0 saturated carbocycles. The minimum Gasteiger partial charge on any atom is -0.481 e. The molecule has 0 aliphatic rings. The van der Waals surface area contributed by atoms with Crippen molar-refractivity contribution in [2.75, 3.05) is 12.3 Å². The molecule has 2 rings (SSSR count). The first-order chi connectivity index (χ1) is 10.1. The van der Waals surface area contributed by atoms with Crippen LogP contribution in [0.25, 0.3) is 10.2 Å². The molecule has 0 aromatic carbocycles. The van der Waals surface area contributed by atoms with Gasteiger partial charge in [-0.05, 0) is 13.0 Å². The van der Waals surface area contributed by atoms with Gasteiger partial charge in [0.1, 0.15) is 16.2 Å². The van der Waals surface area contributed by atoms with Crippen LogP contribution in [0.15, 0.2) is 17.4 Å². The Morgan fingerprint density at radius 1 is 1.38 bits per heavy atom. The Balaban J connectivity index is 1.82. The maximum absolute atomic E-state index is 11.5. The van der Waals surface area contributed by atoms with E-state index in [4.69, 9.17) is 5.11 Å². The summed E-state index contributed by atoms with van der Waals surface area (Å²) in [5, 5.41) is 13.0. The molecule has 0 saturated heterocycles. The van der Waals surface area contributed by atoms with Crippen LogP contribution in [0.1, 0.15) is 17.7 Å². The van der Waals surface area contributed by atoms with Gasteiger partial charge in [-0.1, -0.05) is 0 Å². The molecule has 0 atom stereocenters. The van der Waals surface area contributed by atoms with Crippen LogP contribution in [0.5, 0.6) is 0 Å². The van der Waals surface area contributed by atoms with Crippen LogP contribution in [0.4, 0.5) is 0 Å². The average molecular weight is 325 g/mol. The number of nitrogens with one attached hydrogen (secondary N) is 1. The molecule has 6 nitrogen and oxygen atoms in total. The van der Waals surface area contributed by atoms with Gasteiger partial charge in [-0.3, -0.25) is 9.59 Å². The molecular weight excluding hydrogens is 310 g/mol. The van der Waals surface area contributed by atoms with Crippen LogP contribution in [-0.2, 0) is 9.59 Å². The molecule has 1 amide bonds. The van der Waals surface area contributed by atoms with E-state index in [1.165, 1.54) is 23.0 Å². The molecule has 0 bridgehead atoms. The van der Waals surface area contributed by atoms with Crippen molar-refractivity contribution < 1.29 is 14.7 Å². The Labute approximate surface area is 130 Å². The van der Waals surface area contributed by atoms with Crippen LogP contribution >= 0.6 is 23.1 Å². The van der Waals surface area contributed by atoms with E-state index in [9.17, 15) is 9.59 Å². The molecule has 2 aromatic rings. The van der Waals surface area contributed by atoms with Gasteiger partial charge >= 0.3 is 5.97 Å². The number of carbonyl (C=O) groups excluding carboxylic acids is 1. The highest BCUT2D eigenvalue weighted by atomic mass is 32.2. The van der Waals surface area contributed by atoms with Gasteiger partial charge in [0, 0.05) is 29.0 Å². The molecule has 21 heavy (non-hydrogen) atoms. The predicted molar refractivity (Wildman–Crippen MR) is 82.8 cm³/mol. The number of fused-ring (bicyclic) bond motifs is 1. The van der Waals surface area contributed by atoms with Crippen LogP contribution in [0, 0.1) is 6.92 Å². The SMILES string of the molecule is Cc1cc2c(SCCC(=O)NCCC(=O)O)ncnc2s1. The van der Waals surface area contributed by atoms with E-state index in [0.29, 0.717) is 12.2 Å². The number of hydrogen-bond acceptors (Lipinski definition) is 6. The summed E-state index contributed by atoms with van der Waals surface area (Å²) in [5.41, 5.74) is 0. The summed E-state index contributed by atoms with van der Waals surface area (Å²) in [6.07, 6.45) is 1.81. The summed E-state index contributed by atoms with van der Waals surface area (Å²) in [7, 11) is 0. The predicted octanol–water partition coefficient (Wildman–Crippen LogP) is 2.07. The number of amides is 1. The first-order valence-corrected chi connectivity index (χ1v) is 8.19. The van der Waals surface area contributed by atoms with E-state index in [1.54, 1.807) is 11.3 Å². The Hall–Kier alpha value is -1.67. The topological polar surface area (TPSA) is 92.2 Å². The van der Waals surface area contributed by atoms with Crippen molar-refractivity contribution >= 4 is 45.2 Å². The number of thioether (sulfide) groups is 1. The summed E-state index contributed by atoms with van der Waals surface area (Å²) in [6.45, 7) is 2.19. The lowest BCUT2D eigenvalue weighted by molar-refractivity contribution is -0.136. The van der Waals surface area contributed by atoms with Crippen molar-refractivity contribution in [3.63, 3.8) is 0 Å². The van der Waals surface area contributed by atoms with Gasteiger partial charge in [0.05, 0.1) is 6.42 Å². The van der Waals surface area contributed by atoms with Crippen LogP contribution in [-0.4, -0.2) is 39.2 Å². The highest BCUT2D eigenvalue weighted by Crippen LogP contribution is 2.30. The van der Waals surface area contributed by atoms with Gasteiger partial charge in [-0.2, -0.15) is 0 Å². The first kappa shape index (κ1) is 15.7. The normalized spacial score (nSPS) is 10.7. The lowest BCUT2D eigenvalue weighted by Gasteiger charge is -2.04. The summed E-state index contributed by atoms with van der Waals surface area (Å²) in [4.78, 5) is 32.5. The van der Waals surface area contributed by atoms with Gasteiger partial charge in [-0.15, -0.1) is 23.1 Å². The van der Waals surface area contributed by atoms with E-state index in [-0.39, 0.29) is 18.9 Å². The third-order valence-corrected chi connectivity index (χ3v) is 4.61. The monoisotopic (exact) mass is 325 g/mol. The number of hydrogen-bond donors (Lipinski definition) is 2. The standard InChI is InChI=1S/C13H15N3O3S2/c1-8-6-9-12(15-7-16-13(9)21-8)20-5-3-10(17)14-4-2-11(18)19/h6-7H,2-5H2,1H3,(H,14,17)(H,18,19). The van der Waals surface area contributed by atoms with Gasteiger partial charge in [-0.25, -0.2) is 9.97 Å². The average Bonchev–Trinajstić information content (AvgIpc) is 2.79. The zero-order valence-electron chi connectivity index (χ0n) is 11.5. The quantitative estimate of drug-likeness (QED) is 0.598. The summed E-state index contributed by atoms with van der Waals surface area (Å²) in [6, 6.07) is 2.05. The first-order valence-electron chi connectivity index (χ1n) is 6.38. The number of nitrogens with zero attached hydrogens (tertiary/aromatic N) is 2. The highest BCUT2D eigenvalue weighted by molar-refractivity contribution is 7.99. The second-order valence-electron chi connectivity index (χ2n) is 4.35. The molecule has 0 spiro atoms. The lowest BCUT2D eigenvalue weighted by atomic mass is 10.4. The fourth-order valence-corrected chi connectivity index (χ4v) is 3.53. The van der Waals surface area contributed by atoms with Crippen LogP contribution in [0.3, 0.4) is 0 Å². The van der Waals surface area contributed by atoms with E-state index in [2.05, 4.69) is 21.4 Å². The third-order valence-electron chi connectivity index (χ3n) is 2.64. The van der Waals surface area contributed by atoms with Crippen LogP contribution in [0.2, 0.25) is 0 Å². The molecule has 2 N–H and O–H groups in total. The Morgan fingerprint density at radius 3 is 2.95 bits per heavy atom. The molecular formula is C13H15N3O3S2. The zero-order valence-corrected chi connectivity index (χ0v) is 13.1. The Kier molecular flexibility index (Phi) is 5.51. The zero-order chi connectivity index (χ0) is 15.2. The minimum absolute atomic E-state index is 0.0560. The maximum Gasteiger partial charge on any atom is 0.305 e. The van der Waals surface area contributed by atoms with Crippen LogP contribution < -0.4 is 5.32 Å². The molecule has 0 aliphatic carbocycles. The number of carbonyl (C=O) groups is 2. The smallest absolute Gasteiger partial charge is 0.305 e. The summed E-state index contributed by atoms with van der Waals surface area (Å²) >= 11 is 3.13. The van der Waals surface area contributed by atoms with Crippen molar-refractivity contribution in [1.29, 1.82) is 0 Å². The number of aliphatic carboxylic acids is 1. The second kappa shape index (κ2) is 7.37. The molecule has 112 valence electrons. The van der Waals surface area contributed by atoms with E-state index < -0.39 is 5.97 Å². The van der Waals surface area contributed by atoms with Crippen molar-refractivity contribution in [1.82, 2.24) is 15.3 Å². The lowest BCUT2D eigenvalue weighted by Crippen LogP contribution is -2.26. The number of carboxylic acid groups (broad SMARTS) is 1. The molecule has 0 radical (unpaired) electrons. The van der Waals surface area contributed by atoms with Crippen molar-refractivity contribution in [2.24, 2.45) is 0 Å². The Morgan fingerprint density at radius 2 is 2.19 bits per heavy atom. The molecule has 0 unspecified atom stereocenters. The van der Waals surface area contributed by atoms with Crippen molar-refractivity contribution in [3.8, 4) is 0 Å². The largest absolute Gasteiger partial charge is 0.481 e. The molecule has 8 heteroatoms. The van der Waals surface area contributed by atoms with Gasteiger partial charge in [0.25, 0.3) is 0 Å². The number of aromatic nitrogens is 2. The van der Waals surface area contributed by atoms with E-state index >= 15 is 0 Å². The van der Waals surface area contributed by atoms with Gasteiger partial charge < -0.3 is 10.4 Å². The van der Waals surface area contributed by atoms with Crippen molar-refractivity contribution in [3.05, 3.63) is 17.3 Å². The van der Waals surface area contributed by atoms with Crippen molar-refractivity contribution in [2.45, 2.75) is 24.8 Å². The molecule has 2 aromatic heterocycles. The minimum atomic E-state index is -0.916. The second-order valence-corrected chi connectivity index (χ2v) is 6.67. The van der Waals surface area contributed by atoms with E-state index in [0.717, 1.165) is 15.2 Å². The van der Waals surface area contributed by atoms with Gasteiger partial charge in [0.2, 0.25) is 5.91 Å². The number of carboxylic acids is 1. The van der Waals surface area contributed by atoms with E-state index in [1.807, 2.05) is 6.92 Å². The molecule has 0 fully saturated rings. The fourth-order valence-electron chi connectivity index (χ4n) is 1.71. The fraction of sp³-hybridized carbons (Fsp3) is 0.385. The highest BCUT2D eigenvalue weighted by Gasteiger charge is 2.09. The number of aryl methyl sites for hydroxylation is 1. The maximum atomic E-state index is 11.5. The Bertz CT molecular complexity index is 657. The third kappa shape index (κ3) is 4.68. The van der Waals surface area contributed by atoms with Gasteiger partial charge in [0.15, 0.2) is 0 Å². The summed E-state index contributed by atoms with van der Waals surface area (Å²) in [5.74, 6) is -0.462. The molecule has 0 aliphatic heterocycles. The number of thiophene rings is 1. The summed E-state index contributed by atoms with van der Waals surface area (Å²) < 4.78 is 0. The number of rotatable bonds is 7.